The van der Waals surface area contributed by atoms with Crippen molar-refractivity contribution in [3.63, 3.8) is 0 Å². The minimum Gasteiger partial charge on any atom is -0.480 e. The Hall–Kier alpha value is -2.65. The van der Waals surface area contributed by atoms with Crippen LogP contribution in [-0.2, 0) is 0 Å². The van der Waals surface area contributed by atoms with E-state index in [9.17, 15) is 4.79 Å². The van der Waals surface area contributed by atoms with Gasteiger partial charge in [0.25, 0.3) is 5.91 Å². The van der Waals surface area contributed by atoms with E-state index in [1.54, 1.807) is 24.3 Å². The van der Waals surface area contributed by atoms with Gasteiger partial charge in [-0.3, -0.25) is 4.79 Å². The van der Waals surface area contributed by atoms with E-state index < -0.39 is 5.91 Å². The molecule has 2 aromatic rings. The maximum Gasteiger partial charge on any atom is 0.262 e. The fourth-order valence-electron chi connectivity index (χ4n) is 1.54. The number of aromatic nitrogens is 2. The second-order valence-electron chi connectivity index (χ2n) is 3.67. The van der Waals surface area contributed by atoms with Crippen molar-refractivity contribution in [3.05, 3.63) is 46.9 Å². The fraction of sp³-hybridized carbons (Fsp3) is 0.0769. The molecule has 6 nitrogen and oxygen atoms in total. The largest absolute Gasteiger partial charge is 0.480 e. The maximum atomic E-state index is 12.1. The van der Waals surface area contributed by atoms with Crippen molar-refractivity contribution in [2.75, 3.05) is 12.4 Å². The van der Waals surface area contributed by atoms with E-state index in [1.165, 1.54) is 13.3 Å². The number of nitriles is 1. The minimum absolute atomic E-state index is 0.0178. The Kier molecular flexibility index (Phi) is 4.13. The zero-order valence-electron chi connectivity index (χ0n) is 10.4. The summed E-state index contributed by atoms with van der Waals surface area (Å²) in [5.41, 5.74) is 0.886. The summed E-state index contributed by atoms with van der Waals surface area (Å²) in [4.78, 5) is 19.7. The summed E-state index contributed by atoms with van der Waals surface area (Å²) >= 11 is 5.63. The van der Waals surface area contributed by atoms with Gasteiger partial charge in [-0.05, 0) is 23.7 Å². The van der Waals surface area contributed by atoms with Crippen molar-refractivity contribution in [1.29, 1.82) is 5.26 Å². The number of hydrogen-bond donors (Lipinski definition) is 1. The number of nitrogens with one attached hydrogen (secondary N) is 1. The highest BCUT2D eigenvalue weighted by atomic mass is 35.5. The lowest BCUT2D eigenvalue weighted by atomic mass is 10.2. The summed E-state index contributed by atoms with van der Waals surface area (Å²) in [5.74, 6) is -0.418. The second kappa shape index (κ2) is 5.99. The lowest BCUT2D eigenvalue weighted by Crippen LogP contribution is -2.15. The number of hydrogen-bond acceptors (Lipinski definition) is 5. The van der Waals surface area contributed by atoms with Crippen molar-refractivity contribution in [2.45, 2.75) is 0 Å². The van der Waals surface area contributed by atoms with Gasteiger partial charge in [-0.15, -0.1) is 0 Å². The first kappa shape index (κ1) is 13.8. The first-order valence-corrected chi connectivity index (χ1v) is 5.90. The van der Waals surface area contributed by atoms with Crippen LogP contribution in [0.25, 0.3) is 0 Å². The number of halogens is 1. The fourth-order valence-corrected chi connectivity index (χ4v) is 1.66. The molecule has 1 aromatic heterocycles. The van der Waals surface area contributed by atoms with Crippen LogP contribution in [0.5, 0.6) is 5.88 Å². The third-order valence-electron chi connectivity index (χ3n) is 2.46. The predicted octanol–water partition coefficient (Wildman–Crippen LogP) is 2.26. The molecule has 7 heteroatoms. The molecule has 1 aromatic carbocycles. The van der Waals surface area contributed by atoms with Crippen LogP contribution in [0.4, 0.5) is 5.69 Å². The Morgan fingerprint density at radius 2 is 2.20 bits per heavy atom. The third-order valence-corrected chi connectivity index (χ3v) is 2.64. The molecule has 0 saturated carbocycles. The number of para-hydroxylation sites is 1. The molecule has 1 N–H and O–H groups in total. The molecule has 0 spiro atoms. The highest BCUT2D eigenvalue weighted by Crippen LogP contribution is 2.19. The van der Waals surface area contributed by atoms with Gasteiger partial charge in [0.1, 0.15) is 11.6 Å². The average molecular weight is 289 g/mol. The first-order chi connectivity index (χ1) is 9.65. The Morgan fingerprint density at radius 3 is 2.90 bits per heavy atom. The summed E-state index contributed by atoms with van der Waals surface area (Å²) in [5, 5.41) is 11.6. The number of anilines is 1. The number of carbonyl (C=O) groups excluding carboxylic acids is 1. The molecule has 0 atom stereocenters. The smallest absolute Gasteiger partial charge is 0.262 e. The van der Waals surface area contributed by atoms with E-state index in [0.29, 0.717) is 11.3 Å². The van der Waals surface area contributed by atoms with Gasteiger partial charge in [0.15, 0.2) is 0 Å². The molecule has 0 aliphatic rings. The molecule has 20 heavy (non-hydrogen) atoms. The quantitative estimate of drug-likeness (QED) is 0.875. The molecule has 1 heterocycles. The molecule has 0 aliphatic carbocycles. The molecule has 0 fully saturated rings. The zero-order valence-corrected chi connectivity index (χ0v) is 11.2. The molecular weight excluding hydrogens is 280 g/mol. The Bertz CT molecular complexity index is 697. The summed E-state index contributed by atoms with van der Waals surface area (Å²) in [6, 6.07) is 8.64. The van der Waals surface area contributed by atoms with Crippen molar-refractivity contribution in [2.24, 2.45) is 0 Å². The highest BCUT2D eigenvalue weighted by molar-refractivity contribution is 6.28. The van der Waals surface area contributed by atoms with Crippen LogP contribution in [0.3, 0.4) is 0 Å². The predicted molar refractivity (Wildman–Crippen MR) is 72.7 cm³/mol. The Labute approximate surface area is 120 Å². The van der Waals surface area contributed by atoms with E-state index in [1.807, 2.05) is 6.07 Å². The maximum absolute atomic E-state index is 12.1. The number of carbonyl (C=O) groups is 1. The molecule has 100 valence electrons. The van der Waals surface area contributed by atoms with E-state index in [-0.39, 0.29) is 16.7 Å². The summed E-state index contributed by atoms with van der Waals surface area (Å²) in [6.45, 7) is 0. The van der Waals surface area contributed by atoms with Crippen molar-refractivity contribution in [1.82, 2.24) is 9.97 Å². The molecule has 2 rings (SSSR count). The van der Waals surface area contributed by atoms with Crippen LogP contribution in [0.2, 0.25) is 5.28 Å². The lowest BCUT2D eigenvalue weighted by molar-refractivity contribution is 0.102. The van der Waals surface area contributed by atoms with Crippen LogP contribution in [0, 0.1) is 11.3 Å². The molecule has 0 aliphatic heterocycles. The highest BCUT2D eigenvalue weighted by Gasteiger charge is 2.16. The van der Waals surface area contributed by atoms with Crippen LogP contribution in [0.1, 0.15) is 15.9 Å². The van der Waals surface area contributed by atoms with Crippen molar-refractivity contribution < 1.29 is 9.53 Å². The van der Waals surface area contributed by atoms with Gasteiger partial charge in [-0.25, -0.2) is 4.98 Å². The van der Waals surface area contributed by atoms with E-state index >= 15 is 0 Å². The van der Waals surface area contributed by atoms with Crippen molar-refractivity contribution >= 4 is 23.2 Å². The third kappa shape index (κ3) is 2.84. The number of amides is 1. The second-order valence-corrected chi connectivity index (χ2v) is 4.01. The number of benzene rings is 1. The van der Waals surface area contributed by atoms with Gasteiger partial charge < -0.3 is 10.1 Å². The number of nitrogens with zero attached hydrogens (tertiary/aromatic N) is 3. The van der Waals surface area contributed by atoms with Gasteiger partial charge in [0.2, 0.25) is 11.2 Å². The van der Waals surface area contributed by atoms with Crippen LogP contribution >= 0.6 is 11.6 Å². The summed E-state index contributed by atoms with van der Waals surface area (Å²) in [7, 11) is 1.37. The number of methoxy groups -OCH3 is 1. The minimum atomic E-state index is -0.485. The molecule has 1 amide bonds. The SMILES string of the molecule is COc1nc(Cl)ncc1C(=O)Nc1ccccc1C#N. The van der Waals surface area contributed by atoms with Gasteiger partial charge in [-0.2, -0.15) is 10.2 Å². The zero-order chi connectivity index (χ0) is 14.5. The van der Waals surface area contributed by atoms with E-state index in [2.05, 4.69) is 15.3 Å². The number of rotatable bonds is 3. The Morgan fingerprint density at radius 1 is 1.45 bits per heavy atom. The van der Waals surface area contributed by atoms with Gasteiger partial charge in [-0.1, -0.05) is 12.1 Å². The molecular formula is C13H9ClN4O2. The van der Waals surface area contributed by atoms with E-state index in [4.69, 9.17) is 21.6 Å². The normalized spacial score (nSPS) is 9.65. The summed E-state index contributed by atoms with van der Waals surface area (Å²) < 4.78 is 4.98. The molecule has 0 radical (unpaired) electrons. The summed E-state index contributed by atoms with van der Waals surface area (Å²) in [6.07, 6.45) is 1.26. The van der Waals surface area contributed by atoms with Gasteiger partial charge in [0.05, 0.1) is 18.4 Å². The standard InChI is InChI=1S/C13H9ClN4O2/c1-20-12-9(7-16-13(14)18-12)11(19)17-10-5-3-2-4-8(10)6-15/h2-5,7H,1H3,(H,17,19). The van der Waals surface area contributed by atoms with Gasteiger partial charge >= 0.3 is 0 Å². The lowest BCUT2D eigenvalue weighted by Gasteiger charge is -2.09. The van der Waals surface area contributed by atoms with Crippen LogP contribution in [0.15, 0.2) is 30.5 Å². The first-order valence-electron chi connectivity index (χ1n) is 5.52. The topological polar surface area (TPSA) is 87.9 Å². The Balaban J connectivity index is 2.31. The van der Waals surface area contributed by atoms with Crippen molar-refractivity contribution in [3.8, 4) is 11.9 Å². The van der Waals surface area contributed by atoms with Gasteiger partial charge in [0, 0.05) is 6.20 Å². The van der Waals surface area contributed by atoms with Crippen LogP contribution in [-0.4, -0.2) is 23.0 Å². The monoisotopic (exact) mass is 288 g/mol. The number of ether oxygens (including phenoxy) is 1. The molecule has 0 saturated heterocycles. The molecule has 0 unspecified atom stereocenters. The van der Waals surface area contributed by atoms with Crippen LogP contribution < -0.4 is 10.1 Å². The van der Waals surface area contributed by atoms with E-state index in [0.717, 1.165) is 0 Å². The molecule has 0 bridgehead atoms. The average Bonchev–Trinajstić information content (AvgIpc) is 2.47.